The van der Waals surface area contributed by atoms with Crippen molar-refractivity contribution in [3.63, 3.8) is 0 Å². The van der Waals surface area contributed by atoms with Gasteiger partial charge in [0.15, 0.2) is 0 Å². The molecule has 7 aromatic rings. The van der Waals surface area contributed by atoms with Crippen molar-refractivity contribution >= 4 is 21.6 Å². The molecule has 0 spiro atoms. The number of benzene rings is 4. The van der Waals surface area contributed by atoms with Crippen LogP contribution >= 0.6 is 11.3 Å². The number of pyridine rings is 2. The van der Waals surface area contributed by atoms with Crippen LogP contribution in [0.4, 0.5) is 0 Å². The Bertz CT molecular complexity index is 2560. The summed E-state index contributed by atoms with van der Waals surface area (Å²) in [5.74, 6) is 1.21. The average Bonchev–Trinajstić information content (AvgIpc) is 3.58. The molecule has 3 aromatic heterocycles. The second-order valence-corrected chi connectivity index (χ2v) is 21.2. The Balaban J connectivity index is 0.00000585. The average molecular weight is 979 g/mol. The number of ether oxygens (including phenoxy) is 1. The van der Waals surface area contributed by atoms with E-state index in [4.69, 9.17) is 19.7 Å². The van der Waals surface area contributed by atoms with Crippen molar-refractivity contribution in [3.8, 4) is 55.7 Å². The second kappa shape index (κ2) is 16.9. The van der Waals surface area contributed by atoms with E-state index in [1.807, 2.05) is 18.5 Å². The maximum Gasteiger partial charge on any atom is 2.00 e. The molecule has 59 heavy (non-hydrogen) atoms. The Morgan fingerprint density at radius 3 is 1.69 bits per heavy atom. The van der Waals surface area contributed by atoms with Gasteiger partial charge in [-0.15, -0.1) is 40.2 Å². The summed E-state index contributed by atoms with van der Waals surface area (Å²) in [6.45, 7) is 27.0. The van der Waals surface area contributed by atoms with E-state index < -0.39 is 0 Å². The van der Waals surface area contributed by atoms with E-state index in [-0.39, 0.29) is 42.7 Å². The molecule has 0 aliphatic heterocycles. The summed E-state index contributed by atoms with van der Waals surface area (Å²) < 4.78 is 7.87. The molecule has 0 atom stereocenters. The zero-order valence-corrected chi connectivity index (χ0v) is 39.8. The molecule has 0 aliphatic rings. The molecule has 0 saturated carbocycles. The summed E-state index contributed by atoms with van der Waals surface area (Å²) in [5.41, 5.74) is 12.9. The third kappa shape index (κ3) is 11.0. The molecule has 6 heteroatoms. The van der Waals surface area contributed by atoms with Gasteiger partial charge in [0.25, 0.3) is 0 Å². The standard InChI is InChI=1S/C53H57N3OS.Pt/c1-50(2,3)32-34-13-17-36(18-14-34)38-25-39(46-31-41(21-23-54-46)52(7,8)9)28-43(27-38)57-44-29-40(26-42(30-44)53(10,11)12)47-48-45(22-24-55-47)56-49(58-48)37-19-15-35(16-20-37)33-51(4,5)6;/h13-27,30-31H,32-33H2,1-12H3;/q-2;+2. The third-order valence-electron chi connectivity index (χ3n) is 10.2. The number of hydrogen-bond acceptors (Lipinski definition) is 5. The van der Waals surface area contributed by atoms with Crippen molar-refractivity contribution in [2.75, 3.05) is 0 Å². The molecule has 0 fully saturated rings. The van der Waals surface area contributed by atoms with Crippen molar-refractivity contribution in [1.29, 1.82) is 0 Å². The van der Waals surface area contributed by atoms with Crippen molar-refractivity contribution in [2.24, 2.45) is 10.8 Å². The molecule has 4 nitrogen and oxygen atoms in total. The fourth-order valence-corrected chi connectivity index (χ4v) is 8.27. The van der Waals surface area contributed by atoms with Gasteiger partial charge in [-0.3, -0.25) is 0 Å². The molecule has 0 radical (unpaired) electrons. The Hall–Kier alpha value is -4.44. The minimum absolute atomic E-state index is 0. The van der Waals surface area contributed by atoms with E-state index >= 15 is 0 Å². The fourth-order valence-electron chi connectivity index (χ4n) is 7.20. The molecule has 0 N–H and O–H groups in total. The Kier molecular flexibility index (Phi) is 12.6. The first-order valence-electron chi connectivity index (χ1n) is 20.4. The Morgan fingerprint density at radius 2 is 1.10 bits per heavy atom. The molecule has 4 aromatic carbocycles. The smallest absolute Gasteiger partial charge is 0.497 e. The molecule has 0 unspecified atom stereocenters. The molecule has 0 amide bonds. The van der Waals surface area contributed by atoms with Gasteiger partial charge in [-0.1, -0.05) is 168 Å². The van der Waals surface area contributed by atoms with Crippen LogP contribution in [0.15, 0.2) is 103 Å². The third-order valence-corrected chi connectivity index (χ3v) is 11.3. The SMILES string of the molecule is CC(C)(C)Cc1ccc(-c2cc(Oc3[c-]c(-c4nccc5nc(-c6ccc(CC(C)(C)C)cc6)sc45)cc(C(C)(C)C)c3)[c-]c(-c3cc(C(C)(C)C)ccn3)c2)cc1.[Pt+2]. The quantitative estimate of drug-likeness (QED) is 0.142. The van der Waals surface area contributed by atoms with Gasteiger partial charge in [0.05, 0.1) is 5.52 Å². The first kappa shape index (κ1) is 44.1. The van der Waals surface area contributed by atoms with Crippen molar-refractivity contribution in [1.82, 2.24) is 15.0 Å². The van der Waals surface area contributed by atoms with Crippen LogP contribution in [0.3, 0.4) is 0 Å². The molecular formula is C53H57N3OPtS. The van der Waals surface area contributed by atoms with Crippen LogP contribution in [0.25, 0.3) is 54.4 Å². The van der Waals surface area contributed by atoms with Gasteiger partial charge in [0.2, 0.25) is 0 Å². The predicted octanol–water partition coefficient (Wildman–Crippen LogP) is 14.9. The number of rotatable bonds is 8. The zero-order chi connectivity index (χ0) is 41.6. The van der Waals surface area contributed by atoms with Crippen LogP contribution in [-0.2, 0) is 44.7 Å². The summed E-state index contributed by atoms with van der Waals surface area (Å²) in [7, 11) is 0. The topological polar surface area (TPSA) is 47.9 Å². The molecule has 306 valence electrons. The van der Waals surface area contributed by atoms with E-state index in [0.717, 1.165) is 72.8 Å². The van der Waals surface area contributed by atoms with E-state index in [1.54, 1.807) is 11.3 Å². The van der Waals surface area contributed by atoms with Gasteiger partial charge < -0.3 is 14.7 Å². The van der Waals surface area contributed by atoms with E-state index in [2.05, 4.69) is 180 Å². The molecule has 7 rings (SSSR count). The summed E-state index contributed by atoms with van der Waals surface area (Å²) in [6.07, 6.45) is 5.78. The van der Waals surface area contributed by atoms with Crippen LogP contribution in [0.2, 0.25) is 0 Å². The maximum atomic E-state index is 6.84. The predicted molar refractivity (Wildman–Crippen MR) is 245 cm³/mol. The zero-order valence-electron chi connectivity index (χ0n) is 36.7. The van der Waals surface area contributed by atoms with Crippen LogP contribution < -0.4 is 4.74 Å². The summed E-state index contributed by atoms with van der Waals surface area (Å²) >= 11 is 1.67. The normalized spacial score (nSPS) is 12.4. The van der Waals surface area contributed by atoms with Crippen molar-refractivity contribution in [3.05, 3.63) is 138 Å². The second-order valence-electron chi connectivity index (χ2n) is 20.2. The Labute approximate surface area is 371 Å². The fraction of sp³-hybridized carbons (Fsp3) is 0.340. The van der Waals surface area contributed by atoms with Gasteiger partial charge in [-0.25, -0.2) is 4.98 Å². The van der Waals surface area contributed by atoms with Gasteiger partial charge in [-0.2, -0.15) is 0 Å². The number of nitrogens with zero attached hydrogens (tertiary/aromatic N) is 3. The van der Waals surface area contributed by atoms with Gasteiger partial charge in [-0.05, 0) is 74.6 Å². The largest absolute Gasteiger partial charge is 2.00 e. The van der Waals surface area contributed by atoms with Crippen LogP contribution in [0, 0.1) is 23.0 Å². The summed E-state index contributed by atoms with van der Waals surface area (Å²) in [6, 6.07) is 39.8. The summed E-state index contributed by atoms with van der Waals surface area (Å²) in [4.78, 5) is 14.8. The van der Waals surface area contributed by atoms with Crippen LogP contribution in [0.1, 0.15) is 105 Å². The summed E-state index contributed by atoms with van der Waals surface area (Å²) in [5, 5.41) is 0.976. The van der Waals surface area contributed by atoms with Crippen LogP contribution in [0.5, 0.6) is 11.5 Å². The first-order valence-corrected chi connectivity index (χ1v) is 21.2. The van der Waals surface area contributed by atoms with Crippen molar-refractivity contribution < 1.29 is 25.8 Å². The molecule has 0 bridgehead atoms. The number of fused-ring (bicyclic) bond motifs is 1. The monoisotopic (exact) mass is 978 g/mol. The maximum absolute atomic E-state index is 6.84. The van der Waals surface area contributed by atoms with Gasteiger partial charge >= 0.3 is 21.1 Å². The number of hydrogen-bond donors (Lipinski definition) is 0. The molecule has 0 saturated heterocycles. The van der Waals surface area contributed by atoms with E-state index in [9.17, 15) is 0 Å². The van der Waals surface area contributed by atoms with Crippen LogP contribution in [-0.4, -0.2) is 15.0 Å². The number of aromatic nitrogens is 3. The van der Waals surface area contributed by atoms with Gasteiger partial charge in [0, 0.05) is 39.9 Å². The van der Waals surface area contributed by atoms with E-state index in [0.29, 0.717) is 11.5 Å². The minimum Gasteiger partial charge on any atom is -0.497 e. The first-order chi connectivity index (χ1) is 27.2. The number of thiazole rings is 1. The molecule has 3 heterocycles. The Morgan fingerprint density at radius 1 is 0.542 bits per heavy atom. The minimum atomic E-state index is -0.160. The van der Waals surface area contributed by atoms with E-state index in [1.165, 1.54) is 16.7 Å². The van der Waals surface area contributed by atoms with Gasteiger partial charge in [0.1, 0.15) is 5.01 Å². The van der Waals surface area contributed by atoms with Crippen molar-refractivity contribution in [2.45, 2.75) is 107 Å². The molecule has 0 aliphatic carbocycles. The molecular weight excluding hydrogens is 922 g/mol.